The van der Waals surface area contributed by atoms with Crippen molar-refractivity contribution in [1.29, 1.82) is 0 Å². The number of rotatable bonds is 1. The van der Waals surface area contributed by atoms with Crippen LogP contribution in [0.2, 0.25) is 0 Å². The van der Waals surface area contributed by atoms with Gasteiger partial charge in [0.1, 0.15) is 12.1 Å². The summed E-state index contributed by atoms with van der Waals surface area (Å²) in [4.78, 5) is 1.81. The van der Waals surface area contributed by atoms with E-state index in [1.54, 1.807) is 29.2 Å². The Hall–Kier alpha value is -2.50. The molecule has 20 heavy (non-hydrogen) atoms. The van der Waals surface area contributed by atoms with Crippen molar-refractivity contribution in [3.05, 3.63) is 53.3 Å². The molecule has 0 bridgehead atoms. The van der Waals surface area contributed by atoms with Crippen molar-refractivity contribution in [2.45, 2.75) is 19.4 Å². The largest absolute Gasteiger partial charge is 0.711 e. The fourth-order valence-electron chi connectivity index (χ4n) is 2.37. The monoisotopic (exact) mass is 273 g/mol. The maximum Gasteiger partial charge on any atom is 0.285 e. The van der Waals surface area contributed by atoms with Crippen LogP contribution in [0, 0.1) is 10.4 Å². The van der Waals surface area contributed by atoms with Gasteiger partial charge in [-0.25, -0.2) is 9.63 Å². The van der Waals surface area contributed by atoms with Gasteiger partial charge in [0.25, 0.3) is 5.82 Å². The van der Waals surface area contributed by atoms with Crippen LogP contribution in [-0.4, -0.2) is 12.1 Å². The van der Waals surface area contributed by atoms with Crippen molar-refractivity contribution >= 4 is 11.5 Å². The Bertz CT molecular complexity index is 658. The molecule has 6 heteroatoms. The Labute approximate surface area is 116 Å². The summed E-state index contributed by atoms with van der Waals surface area (Å²) < 4.78 is 7.35. The normalized spacial score (nSPS) is 16.4. The van der Waals surface area contributed by atoms with E-state index in [2.05, 4.69) is 0 Å². The number of fused-ring (bicyclic) bond motifs is 1. The minimum atomic E-state index is -0.453. The zero-order chi connectivity index (χ0) is 14.3. The number of aromatic nitrogens is 2. The van der Waals surface area contributed by atoms with Gasteiger partial charge < -0.3 is 15.2 Å². The second kappa shape index (κ2) is 4.26. The Morgan fingerprint density at radius 3 is 2.75 bits per heavy atom. The van der Waals surface area contributed by atoms with E-state index in [-0.39, 0.29) is 0 Å². The van der Waals surface area contributed by atoms with Gasteiger partial charge in [-0.3, -0.25) is 0 Å². The van der Waals surface area contributed by atoms with Gasteiger partial charge in [0.2, 0.25) is 11.9 Å². The van der Waals surface area contributed by atoms with Crippen LogP contribution < -0.4 is 19.1 Å². The van der Waals surface area contributed by atoms with E-state index in [1.165, 1.54) is 18.6 Å². The first kappa shape index (κ1) is 12.5. The van der Waals surface area contributed by atoms with Crippen LogP contribution in [0.3, 0.4) is 0 Å². The molecule has 0 fully saturated rings. The fourth-order valence-corrected chi connectivity index (χ4v) is 2.37. The molecule has 2 aromatic rings. The molecule has 2 aromatic heterocycles. The van der Waals surface area contributed by atoms with Crippen molar-refractivity contribution in [1.82, 2.24) is 0 Å². The van der Waals surface area contributed by atoms with Crippen LogP contribution in [0.4, 0.5) is 11.5 Å². The summed E-state index contributed by atoms with van der Waals surface area (Å²) in [5, 5.41) is 23.5. The van der Waals surface area contributed by atoms with Gasteiger partial charge in [-0.15, -0.1) is 0 Å². The maximum absolute atomic E-state index is 12.0. The third-order valence-electron chi connectivity index (χ3n) is 3.17. The van der Waals surface area contributed by atoms with Crippen LogP contribution in [-0.2, 0) is 0 Å². The number of ether oxygens (including phenoxy) is 1. The van der Waals surface area contributed by atoms with Crippen molar-refractivity contribution in [2.75, 3.05) is 11.4 Å². The highest BCUT2D eigenvalue weighted by Crippen LogP contribution is 2.38. The van der Waals surface area contributed by atoms with Crippen LogP contribution in [0.15, 0.2) is 42.9 Å². The predicted molar refractivity (Wildman–Crippen MR) is 72.5 cm³/mol. The quantitative estimate of drug-likeness (QED) is 0.579. The molecule has 1 aliphatic heterocycles. The molecule has 0 amide bonds. The van der Waals surface area contributed by atoms with Crippen LogP contribution >= 0.6 is 0 Å². The molecule has 6 nitrogen and oxygen atoms in total. The van der Waals surface area contributed by atoms with Gasteiger partial charge in [-0.1, -0.05) is 6.07 Å². The number of hydrogen-bond donors (Lipinski definition) is 0. The zero-order valence-corrected chi connectivity index (χ0v) is 11.3. The molecule has 0 spiro atoms. The average molecular weight is 273 g/mol. The van der Waals surface area contributed by atoms with E-state index in [0.29, 0.717) is 28.5 Å². The molecule has 0 atom stereocenters. The van der Waals surface area contributed by atoms with Crippen molar-refractivity contribution in [2.24, 2.45) is 0 Å². The van der Waals surface area contributed by atoms with Crippen LogP contribution in [0.25, 0.3) is 0 Å². The molecule has 0 radical (unpaired) electrons. The van der Waals surface area contributed by atoms with Gasteiger partial charge in [0.05, 0.1) is 12.3 Å². The second-order valence-electron chi connectivity index (χ2n) is 5.39. The van der Waals surface area contributed by atoms with Crippen molar-refractivity contribution in [3.63, 3.8) is 0 Å². The summed E-state index contributed by atoms with van der Waals surface area (Å²) in [6, 6.07) is 6.80. The predicted octanol–water partition coefficient (Wildman–Crippen LogP) is 1.26. The third kappa shape index (κ3) is 2.09. The molecule has 0 unspecified atom stereocenters. The summed E-state index contributed by atoms with van der Waals surface area (Å²) in [5.74, 6) is 1.06. The first-order valence-electron chi connectivity index (χ1n) is 6.34. The van der Waals surface area contributed by atoms with E-state index in [9.17, 15) is 10.4 Å². The molecule has 3 rings (SSSR count). The minimum absolute atomic E-state index is 0.453. The number of hydrogen-bond acceptors (Lipinski definition) is 4. The van der Waals surface area contributed by atoms with Crippen LogP contribution in [0.5, 0.6) is 5.75 Å². The fraction of sp³-hybridized carbons (Fsp3) is 0.286. The van der Waals surface area contributed by atoms with E-state index in [1.807, 2.05) is 13.8 Å². The molecular weight excluding hydrogens is 258 g/mol. The molecule has 0 saturated heterocycles. The summed E-state index contributed by atoms with van der Waals surface area (Å²) in [6.07, 6.45) is 4.23. The molecule has 104 valence electrons. The Morgan fingerprint density at radius 1 is 1.20 bits per heavy atom. The minimum Gasteiger partial charge on any atom is -0.711 e. The molecule has 3 heterocycles. The number of nitrogens with zero attached hydrogens (tertiary/aromatic N) is 3. The lowest BCUT2D eigenvalue weighted by Gasteiger charge is -2.35. The molecule has 0 aromatic carbocycles. The summed E-state index contributed by atoms with van der Waals surface area (Å²) >= 11 is 0. The van der Waals surface area contributed by atoms with Gasteiger partial charge >= 0.3 is 0 Å². The topological polar surface area (TPSA) is 66.4 Å². The highest BCUT2D eigenvalue weighted by molar-refractivity contribution is 5.65. The molecule has 0 aliphatic carbocycles. The van der Waals surface area contributed by atoms with E-state index >= 15 is 0 Å². The first-order valence-corrected chi connectivity index (χ1v) is 6.34. The zero-order valence-electron chi connectivity index (χ0n) is 11.3. The summed E-state index contributed by atoms with van der Waals surface area (Å²) in [6.45, 7) is 4.37. The summed E-state index contributed by atoms with van der Waals surface area (Å²) in [5.41, 5.74) is 0.142. The highest BCUT2D eigenvalue weighted by atomic mass is 16.5. The Kier molecular flexibility index (Phi) is 2.67. The lowest BCUT2D eigenvalue weighted by atomic mass is 10.1. The lowest BCUT2D eigenvalue weighted by molar-refractivity contribution is -0.605. The highest BCUT2D eigenvalue weighted by Gasteiger charge is 2.39. The SMILES string of the molecule is CC1(C)CN(c2cccc[n+]2[O-])c2c[n+]([O-])ccc2O1. The first-order chi connectivity index (χ1) is 9.46. The standard InChI is InChI=1S/C14H15N3O3/c1-14(2)10-16(13-5-3-4-7-17(13)19)11-9-15(18)8-6-12(11)20-14/h3-9H,10H2,1-2H3. The third-order valence-corrected chi connectivity index (χ3v) is 3.17. The Balaban J connectivity index is 2.16. The summed E-state index contributed by atoms with van der Waals surface area (Å²) in [7, 11) is 0. The van der Waals surface area contributed by atoms with Gasteiger partial charge in [-0.05, 0) is 19.9 Å². The van der Waals surface area contributed by atoms with E-state index in [4.69, 9.17) is 4.74 Å². The smallest absolute Gasteiger partial charge is 0.285 e. The van der Waals surface area contributed by atoms with E-state index in [0.717, 1.165) is 4.73 Å². The van der Waals surface area contributed by atoms with Crippen molar-refractivity contribution in [3.8, 4) is 5.75 Å². The maximum atomic E-state index is 12.0. The molecule has 0 saturated carbocycles. The van der Waals surface area contributed by atoms with E-state index < -0.39 is 5.60 Å². The van der Waals surface area contributed by atoms with Crippen LogP contribution in [0.1, 0.15) is 13.8 Å². The molecular formula is C14H15N3O3. The molecule has 0 N–H and O–H groups in total. The van der Waals surface area contributed by atoms with Gasteiger partial charge in [0, 0.05) is 6.07 Å². The lowest BCUT2D eigenvalue weighted by Crippen LogP contribution is -2.49. The van der Waals surface area contributed by atoms with Gasteiger partial charge in [0.15, 0.2) is 11.9 Å². The molecule has 1 aliphatic rings. The van der Waals surface area contributed by atoms with Crippen molar-refractivity contribution < 1.29 is 14.2 Å². The second-order valence-corrected chi connectivity index (χ2v) is 5.39. The van der Waals surface area contributed by atoms with Gasteiger partial charge in [-0.2, -0.15) is 4.73 Å². The number of pyridine rings is 2. The Morgan fingerprint density at radius 2 is 2.00 bits per heavy atom. The number of anilines is 2. The average Bonchev–Trinajstić information content (AvgIpc) is 2.38.